The zero-order chi connectivity index (χ0) is 8.97. The zero-order valence-electron chi connectivity index (χ0n) is 7.76. The first-order valence-electron chi connectivity index (χ1n) is 3.58. The molecule has 0 spiro atoms. The molecule has 0 radical (unpaired) electrons. The minimum absolute atomic E-state index is 0. The van der Waals surface area contributed by atoms with E-state index < -0.39 is 0 Å². The molecule has 0 bridgehead atoms. The smallest absolute Gasteiger partial charge is 0.0744 e. The fourth-order valence-corrected chi connectivity index (χ4v) is 1.01. The van der Waals surface area contributed by atoms with Gasteiger partial charge in [-0.05, 0) is 0 Å². The van der Waals surface area contributed by atoms with Crippen molar-refractivity contribution in [1.29, 1.82) is 0 Å². The van der Waals surface area contributed by atoms with Crippen LogP contribution in [-0.2, 0) is 0 Å². The summed E-state index contributed by atoms with van der Waals surface area (Å²) in [6.45, 7) is 3.67. The quantitative estimate of drug-likeness (QED) is 0.723. The van der Waals surface area contributed by atoms with E-state index in [4.69, 9.17) is 9.47 Å². The van der Waals surface area contributed by atoms with Crippen LogP contribution in [0.3, 0.4) is 0 Å². The van der Waals surface area contributed by atoms with Gasteiger partial charge in [-0.1, -0.05) is 5.56 Å². The molecule has 0 heterocycles. The average Bonchev–Trinajstić information content (AvgIpc) is 2.16. The van der Waals surface area contributed by atoms with Gasteiger partial charge in [0.25, 0.3) is 0 Å². The third kappa shape index (κ3) is 2.79. The number of hydrogen-bond acceptors (Lipinski definition) is 2. The Bertz CT molecular complexity index is 262. The van der Waals surface area contributed by atoms with Crippen LogP contribution in [0, 0.1) is 37.2 Å². The van der Waals surface area contributed by atoms with Gasteiger partial charge in [0.1, 0.15) is 0 Å². The van der Waals surface area contributed by atoms with Crippen molar-refractivity contribution in [1.82, 2.24) is 0 Å². The van der Waals surface area contributed by atoms with Crippen LogP contribution in [-0.4, -0.2) is 14.2 Å². The van der Waals surface area contributed by atoms with Gasteiger partial charge in [-0.25, -0.2) is 0 Å². The molecular formula is C10H11O2U-. The molecule has 0 aromatic heterocycles. The number of methoxy groups -OCH3 is 2. The van der Waals surface area contributed by atoms with E-state index in [-0.39, 0.29) is 31.1 Å². The maximum absolute atomic E-state index is 5.11. The van der Waals surface area contributed by atoms with E-state index in [1.54, 1.807) is 26.4 Å². The van der Waals surface area contributed by atoms with Gasteiger partial charge in [0.15, 0.2) is 0 Å². The Hall–Kier alpha value is -0.388. The second-order valence-corrected chi connectivity index (χ2v) is 2.20. The van der Waals surface area contributed by atoms with E-state index in [0.717, 1.165) is 11.3 Å². The van der Waals surface area contributed by atoms with Crippen molar-refractivity contribution in [3.05, 3.63) is 30.3 Å². The molecule has 0 unspecified atom stereocenters. The van der Waals surface area contributed by atoms with Gasteiger partial charge in [0, 0.05) is 42.6 Å². The fourth-order valence-electron chi connectivity index (χ4n) is 1.01. The predicted octanol–water partition coefficient (Wildman–Crippen LogP) is 2.15. The van der Waals surface area contributed by atoms with E-state index in [1.807, 2.05) is 6.07 Å². The monoisotopic (exact) mass is 401 g/mol. The van der Waals surface area contributed by atoms with Crippen molar-refractivity contribution >= 4 is 6.08 Å². The third-order valence-electron chi connectivity index (χ3n) is 1.59. The first-order chi connectivity index (χ1) is 5.83. The van der Waals surface area contributed by atoms with Crippen LogP contribution >= 0.6 is 0 Å². The molecular weight excluding hydrogens is 390 g/mol. The summed E-state index contributed by atoms with van der Waals surface area (Å²) in [5.74, 6) is 1.41. The fraction of sp³-hybridized carbons (Fsp3) is 0.200. The Morgan fingerprint density at radius 3 is 2.54 bits per heavy atom. The molecule has 0 aliphatic rings. The summed E-state index contributed by atoms with van der Waals surface area (Å²) in [6.07, 6.45) is 1.69. The van der Waals surface area contributed by atoms with Gasteiger partial charge in [-0.3, -0.25) is 0 Å². The van der Waals surface area contributed by atoms with Crippen LogP contribution in [0.4, 0.5) is 0 Å². The van der Waals surface area contributed by atoms with Crippen molar-refractivity contribution in [2.75, 3.05) is 14.2 Å². The molecule has 0 saturated heterocycles. The summed E-state index contributed by atoms with van der Waals surface area (Å²) >= 11 is 0. The Balaban J connectivity index is 0.00000144. The first kappa shape index (κ1) is 12.6. The van der Waals surface area contributed by atoms with Crippen molar-refractivity contribution in [3.8, 4) is 11.5 Å². The average molecular weight is 401 g/mol. The molecule has 68 valence electrons. The van der Waals surface area contributed by atoms with Crippen LogP contribution in [0.25, 0.3) is 6.08 Å². The molecule has 1 aromatic rings. The first-order valence-corrected chi connectivity index (χ1v) is 3.58. The normalized spacial score (nSPS) is 8.46. The Morgan fingerprint density at radius 2 is 2.08 bits per heavy atom. The van der Waals surface area contributed by atoms with Crippen molar-refractivity contribution < 1.29 is 40.6 Å². The second-order valence-electron chi connectivity index (χ2n) is 2.20. The largest absolute Gasteiger partial charge is 0.522 e. The number of ether oxygens (including phenoxy) is 2. The number of hydrogen-bond donors (Lipinski definition) is 0. The van der Waals surface area contributed by atoms with Gasteiger partial charge in [-0.2, -0.15) is 6.07 Å². The van der Waals surface area contributed by atoms with Gasteiger partial charge in [0.2, 0.25) is 0 Å². The number of rotatable bonds is 3. The summed E-state index contributed by atoms with van der Waals surface area (Å²) in [5, 5.41) is 0. The Labute approximate surface area is 102 Å². The van der Waals surface area contributed by atoms with E-state index in [0.29, 0.717) is 5.75 Å². The van der Waals surface area contributed by atoms with Crippen LogP contribution in [0.15, 0.2) is 18.7 Å². The van der Waals surface area contributed by atoms with E-state index in [9.17, 15) is 0 Å². The van der Waals surface area contributed by atoms with Crippen molar-refractivity contribution in [2.45, 2.75) is 0 Å². The van der Waals surface area contributed by atoms with Crippen LogP contribution in [0.1, 0.15) is 5.56 Å². The van der Waals surface area contributed by atoms with E-state index in [1.165, 1.54) is 0 Å². The number of benzene rings is 1. The van der Waals surface area contributed by atoms with E-state index in [2.05, 4.69) is 12.6 Å². The molecule has 0 atom stereocenters. The minimum Gasteiger partial charge on any atom is -0.522 e. The SMILES string of the molecule is C=Cc1c(OC)[c-]ccc1OC.[U]. The summed E-state index contributed by atoms with van der Waals surface area (Å²) in [6, 6.07) is 6.51. The molecule has 0 N–H and O–H groups in total. The van der Waals surface area contributed by atoms with Gasteiger partial charge in [-0.15, -0.1) is 24.8 Å². The van der Waals surface area contributed by atoms with Crippen LogP contribution < -0.4 is 9.47 Å². The standard InChI is InChI=1S/C10H11O2.U/c1-4-8-9(11-2)6-5-7-10(8)12-3;/h4-6H,1H2,2-3H3;/q-1;. The molecule has 2 nitrogen and oxygen atoms in total. The van der Waals surface area contributed by atoms with Crippen molar-refractivity contribution in [2.24, 2.45) is 0 Å². The molecule has 13 heavy (non-hydrogen) atoms. The minimum atomic E-state index is 0. The third-order valence-corrected chi connectivity index (χ3v) is 1.59. The maximum atomic E-state index is 5.11. The molecule has 1 aromatic carbocycles. The van der Waals surface area contributed by atoms with Crippen LogP contribution in [0.2, 0.25) is 0 Å². The summed E-state index contributed by atoms with van der Waals surface area (Å²) in [7, 11) is 3.21. The molecule has 0 saturated carbocycles. The molecule has 3 heteroatoms. The van der Waals surface area contributed by atoms with E-state index >= 15 is 0 Å². The predicted molar refractivity (Wildman–Crippen MR) is 48.5 cm³/mol. The summed E-state index contributed by atoms with van der Waals surface area (Å²) in [5.41, 5.74) is 0.836. The zero-order valence-corrected chi connectivity index (χ0v) is 11.9. The van der Waals surface area contributed by atoms with Gasteiger partial charge >= 0.3 is 0 Å². The topological polar surface area (TPSA) is 18.5 Å². The van der Waals surface area contributed by atoms with Crippen molar-refractivity contribution in [3.63, 3.8) is 0 Å². The summed E-state index contributed by atoms with van der Waals surface area (Å²) in [4.78, 5) is 0. The van der Waals surface area contributed by atoms with Crippen LogP contribution in [0.5, 0.6) is 11.5 Å². The maximum Gasteiger partial charge on any atom is 0.0744 e. The second kappa shape index (κ2) is 6.12. The summed E-state index contributed by atoms with van der Waals surface area (Å²) < 4.78 is 10.2. The molecule has 0 aliphatic heterocycles. The molecule has 1 rings (SSSR count). The Kier molecular flexibility index (Phi) is 5.94. The molecule has 0 aliphatic carbocycles. The van der Waals surface area contributed by atoms with Gasteiger partial charge in [0.05, 0.1) is 14.2 Å². The van der Waals surface area contributed by atoms with Gasteiger partial charge < -0.3 is 9.47 Å². The molecule has 0 amide bonds. The molecule has 0 fully saturated rings. The Morgan fingerprint density at radius 1 is 1.38 bits per heavy atom.